The zero-order valence-electron chi connectivity index (χ0n) is 18.5. The summed E-state index contributed by atoms with van der Waals surface area (Å²) < 4.78 is 37.6. The molecule has 0 saturated carbocycles. The predicted octanol–water partition coefficient (Wildman–Crippen LogP) is 4.72. The normalized spacial score (nSPS) is 17.5. The van der Waals surface area contributed by atoms with Crippen LogP contribution in [0.25, 0.3) is 0 Å². The molecule has 5 rings (SSSR count). The molecule has 0 unspecified atom stereocenters. The summed E-state index contributed by atoms with van der Waals surface area (Å²) in [6.45, 7) is 2.86. The second-order valence-corrected chi connectivity index (χ2v) is 11.0. The number of sulfonamides is 1. The van der Waals surface area contributed by atoms with Crippen molar-refractivity contribution in [2.75, 3.05) is 6.61 Å². The summed E-state index contributed by atoms with van der Waals surface area (Å²) in [4.78, 5) is 0.140. The van der Waals surface area contributed by atoms with Crippen LogP contribution in [0.4, 0.5) is 0 Å². The van der Waals surface area contributed by atoms with Crippen molar-refractivity contribution >= 4 is 26.0 Å². The monoisotopic (exact) mass is 538 g/mol. The highest BCUT2D eigenvalue weighted by Gasteiger charge is 2.38. The first-order chi connectivity index (χ1) is 16.4. The number of nitrogens with zero attached hydrogens (tertiary/aromatic N) is 4. The van der Waals surface area contributed by atoms with Gasteiger partial charge in [-0.2, -0.15) is 4.31 Å². The van der Waals surface area contributed by atoms with Gasteiger partial charge in [0.15, 0.2) is 0 Å². The van der Waals surface area contributed by atoms with Gasteiger partial charge in [0.25, 0.3) is 0 Å². The van der Waals surface area contributed by atoms with E-state index >= 15 is 0 Å². The van der Waals surface area contributed by atoms with Crippen molar-refractivity contribution in [2.45, 2.75) is 31.0 Å². The van der Waals surface area contributed by atoms with E-state index in [0.717, 1.165) is 15.6 Å². The van der Waals surface area contributed by atoms with Gasteiger partial charge in [-0.15, -0.1) is 5.10 Å². The molecule has 0 saturated heterocycles. The fourth-order valence-corrected chi connectivity index (χ4v) is 6.04. The van der Waals surface area contributed by atoms with Crippen LogP contribution in [0.2, 0.25) is 0 Å². The first kappa shape index (κ1) is 22.8. The molecule has 7 nitrogen and oxygen atoms in total. The molecule has 0 radical (unpaired) electrons. The topological polar surface area (TPSA) is 77.3 Å². The lowest BCUT2D eigenvalue weighted by molar-refractivity contribution is 0.209. The molecule has 0 spiro atoms. The molecule has 0 bridgehead atoms. The van der Waals surface area contributed by atoms with Crippen molar-refractivity contribution in [3.63, 3.8) is 0 Å². The lowest BCUT2D eigenvalue weighted by atomic mass is 10.1. The van der Waals surface area contributed by atoms with Gasteiger partial charge in [0.1, 0.15) is 17.3 Å². The lowest BCUT2D eigenvalue weighted by Gasteiger charge is -2.27. The molecule has 1 aromatic heterocycles. The minimum atomic E-state index is -3.88. The summed E-state index contributed by atoms with van der Waals surface area (Å²) in [5, 5.41) is 8.51. The van der Waals surface area contributed by atoms with E-state index in [1.807, 2.05) is 49.4 Å². The molecule has 0 N–H and O–H groups in total. The SMILES string of the molecule is Cc1ccc(Cn2cc(CN3[C@H](c4ccccc4)COc4cc(Br)ccc4S3(=O)=O)nn2)cc1. The van der Waals surface area contributed by atoms with E-state index in [2.05, 4.69) is 38.4 Å². The van der Waals surface area contributed by atoms with Gasteiger partial charge in [-0.3, -0.25) is 0 Å². The zero-order chi connectivity index (χ0) is 23.7. The maximum absolute atomic E-state index is 13.8. The summed E-state index contributed by atoms with van der Waals surface area (Å²) in [5.74, 6) is 0.334. The molecule has 34 heavy (non-hydrogen) atoms. The molecule has 4 aromatic rings. The number of aryl methyl sites for hydroxylation is 1. The number of benzene rings is 3. The van der Waals surface area contributed by atoms with Gasteiger partial charge in [-0.25, -0.2) is 13.1 Å². The molecule has 9 heteroatoms. The summed E-state index contributed by atoms with van der Waals surface area (Å²) in [5.41, 5.74) is 3.71. The van der Waals surface area contributed by atoms with Crippen molar-refractivity contribution < 1.29 is 13.2 Å². The number of hydrogen-bond donors (Lipinski definition) is 0. The van der Waals surface area contributed by atoms with Crippen LogP contribution in [-0.4, -0.2) is 34.3 Å². The minimum Gasteiger partial charge on any atom is -0.490 e. The quantitative estimate of drug-likeness (QED) is 0.367. The second-order valence-electron chi connectivity index (χ2n) is 8.27. The van der Waals surface area contributed by atoms with Crippen LogP contribution >= 0.6 is 15.9 Å². The molecular formula is C25H23BrN4O3S. The minimum absolute atomic E-state index is 0.0780. The lowest BCUT2D eigenvalue weighted by Crippen LogP contribution is -2.35. The van der Waals surface area contributed by atoms with Crippen LogP contribution in [0.1, 0.15) is 28.4 Å². The number of rotatable bonds is 5. The Kier molecular flexibility index (Phi) is 6.24. The van der Waals surface area contributed by atoms with Crippen molar-refractivity contribution in [1.29, 1.82) is 0 Å². The third kappa shape index (κ3) is 4.64. The Balaban J connectivity index is 1.49. The molecule has 0 amide bonds. The number of halogens is 1. The maximum atomic E-state index is 13.8. The largest absolute Gasteiger partial charge is 0.490 e. The van der Waals surface area contributed by atoms with E-state index < -0.39 is 16.1 Å². The first-order valence-electron chi connectivity index (χ1n) is 10.8. The predicted molar refractivity (Wildman–Crippen MR) is 132 cm³/mol. The molecule has 174 valence electrons. The Labute approximate surface area is 207 Å². The molecular weight excluding hydrogens is 516 g/mol. The molecule has 3 aromatic carbocycles. The summed E-state index contributed by atoms with van der Waals surface area (Å²) in [6, 6.07) is 22.2. The number of fused-ring (bicyclic) bond motifs is 1. The van der Waals surface area contributed by atoms with E-state index in [-0.39, 0.29) is 18.0 Å². The van der Waals surface area contributed by atoms with Gasteiger partial charge in [0.2, 0.25) is 10.0 Å². The fourth-order valence-electron chi connectivity index (χ4n) is 4.01. The number of aromatic nitrogens is 3. The van der Waals surface area contributed by atoms with Crippen molar-refractivity contribution in [2.24, 2.45) is 0 Å². The van der Waals surface area contributed by atoms with Gasteiger partial charge in [0.05, 0.1) is 31.0 Å². The van der Waals surface area contributed by atoms with E-state index in [1.54, 1.807) is 29.1 Å². The molecule has 0 aliphatic carbocycles. The number of ether oxygens (including phenoxy) is 1. The molecule has 0 fully saturated rings. The van der Waals surface area contributed by atoms with Crippen molar-refractivity contribution in [3.8, 4) is 5.75 Å². The number of hydrogen-bond acceptors (Lipinski definition) is 5. The molecule has 1 aliphatic rings. The Morgan fingerprint density at radius 2 is 1.79 bits per heavy atom. The highest BCUT2D eigenvalue weighted by atomic mass is 79.9. The van der Waals surface area contributed by atoms with Crippen molar-refractivity contribution in [1.82, 2.24) is 19.3 Å². The van der Waals surface area contributed by atoms with Crippen LogP contribution in [0.5, 0.6) is 5.75 Å². The standard InChI is InChI=1S/C25H23BrN4O3S/c1-18-7-9-19(10-8-18)14-29-15-22(27-28-29)16-30-23(20-5-3-2-4-6-20)17-33-24-13-21(26)11-12-25(24)34(30,31)32/h2-13,15,23H,14,16-17H2,1H3/t23-/m0/s1. The Morgan fingerprint density at radius 1 is 1.03 bits per heavy atom. The first-order valence-corrected chi connectivity index (χ1v) is 13.1. The highest BCUT2D eigenvalue weighted by molar-refractivity contribution is 9.10. The van der Waals surface area contributed by atoms with Crippen LogP contribution in [-0.2, 0) is 23.1 Å². The van der Waals surface area contributed by atoms with E-state index in [4.69, 9.17) is 4.74 Å². The highest BCUT2D eigenvalue weighted by Crippen LogP contribution is 2.38. The van der Waals surface area contributed by atoms with Gasteiger partial charge in [0, 0.05) is 4.47 Å². The maximum Gasteiger partial charge on any atom is 0.247 e. The fraction of sp³-hybridized carbons (Fsp3) is 0.200. The average molecular weight is 539 g/mol. The van der Waals surface area contributed by atoms with Gasteiger partial charge in [-0.1, -0.05) is 81.3 Å². The third-order valence-electron chi connectivity index (χ3n) is 5.79. The second kappa shape index (κ2) is 9.32. The Morgan fingerprint density at radius 3 is 2.56 bits per heavy atom. The smallest absolute Gasteiger partial charge is 0.247 e. The van der Waals surface area contributed by atoms with Crippen LogP contribution in [0.3, 0.4) is 0 Å². The van der Waals surface area contributed by atoms with E-state index in [0.29, 0.717) is 18.0 Å². The summed E-state index contributed by atoms with van der Waals surface area (Å²) >= 11 is 3.41. The molecule has 1 atom stereocenters. The average Bonchev–Trinajstić information content (AvgIpc) is 3.23. The van der Waals surface area contributed by atoms with Crippen molar-refractivity contribution in [3.05, 3.63) is 106 Å². The molecule has 2 heterocycles. The van der Waals surface area contributed by atoms with E-state index in [9.17, 15) is 8.42 Å². The van der Waals surface area contributed by atoms with Gasteiger partial charge in [-0.05, 0) is 36.2 Å². The van der Waals surface area contributed by atoms with Crippen LogP contribution in [0, 0.1) is 6.92 Å². The summed E-state index contributed by atoms with van der Waals surface area (Å²) in [7, 11) is -3.88. The van der Waals surface area contributed by atoms with Gasteiger partial charge < -0.3 is 4.74 Å². The van der Waals surface area contributed by atoms with Crippen LogP contribution in [0.15, 0.2) is 88.4 Å². The Hall–Kier alpha value is -3.01. The van der Waals surface area contributed by atoms with Crippen LogP contribution < -0.4 is 4.74 Å². The summed E-state index contributed by atoms with van der Waals surface area (Å²) in [6.07, 6.45) is 1.80. The Bertz CT molecular complexity index is 1410. The zero-order valence-corrected chi connectivity index (χ0v) is 20.9. The van der Waals surface area contributed by atoms with E-state index in [1.165, 1.54) is 9.87 Å². The third-order valence-corrected chi connectivity index (χ3v) is 8.18. The van der Waals surface area contributed by atoms with Gasteiger partial charge >= 0.3 is 0 Å². The molecule has 1 aliphatic heterocycles.